The van der Waals surface area contributed by atoms with E-state index in [0.29, 0.717) is 104 Å². The third kappa shape index (κ3) is 11.9. The number of phenolic OH excluding ortho intramolecular Hbond substituents is 1. The summed E-state index contributed by atoms with van der Waals surface area (Å²) in [6.07, 6.45) is 12.1. The lowest BCUT2D eigenvalue weighted by atomic mass is 9.94. The summed E-state index contributed by atoms with van der Waals surface area (Å²) in [4.78, 5) is 47.5. The van der Waals surface area contributed by atoms with E-state index in [-0.39, 0.29) is 61.2 Å². The van der Waals surface area contributed by atoms with Gasteiger partial charge < -0.3 is 44.9 Å². The molecule has 428 valence electrons. The van der Waals surface area contributed by atoms with E-state index in [2.05, 4.69) is 32.4 Å². The summed E-state index contributed by atoms with van der Waals surface area (Å²) < 4.78 is 35.9. The molecule has 0 saturated carbocycles. The van der Waals surface area contributed by atoms with Crippen molar-refractivity contribution in [1.29, 1.82) is 0 Å². The highest BCUT2D eigenvalue weighted by Crippen LogP contribution is 2.44. The van der Waals surface area contributed by atoms with Gasteiger partial charge in [-0.1, -0.05) is 117 Å². The smallest absolute Gasteiger partial charge is 0.319 e. The molecule has 19 heteroatoms. The summed E-state index contributed by atoms with van der Waals surface area (Å²) in [5.41, 5.74) is 6.18. The summed E-state index contributed by atoms with van der Waals surface area (Å²) >= 11 is 6.47. The van der Waals surface area contributed by atoms with E-state index in [4.69, 9.17) is 40.8 Å². The monoisotopic (exact) mass is 1130 g/mol. The van der Waals surface area contributed by atoms with E-state index in [1.54, 1.807) is 59.4 Å². The Hall–Kier alpha value is -7.77. The average Bonchev–Trinajstić information content (AvgIpc) is 3.98. The molecule has 82 heavy (non-hydrogen) atoms. The minimum absolute atomic E-state index is 0.0179. The molecule has 3 aliphatic rings. The molecule has 3 aliphatic heterocycles. The van der Waals surface area contributed by atoms with Crippen molar-refractivity contribution >= 4 is 56.5 Å². The number of nitrogens with zero attached hydrogens (tertiary/aromatic N) is 8. The number of hydrogen-bond donors (Lipinski definition) is 4. The number of likely N-dealkylation sites (tertiary alicyclic amines) is 1. The van der Waals surface area contributed by atoms with E-state index in [1.165, 1.54) is 6.07 Å². The third-order valence-electron chi connectivity index (χ3n) is 15.9. The lowest BCUT2D eigenvalue weighted by Gasteiger charge is -2.34. The predicted octanol–water partition coefficient (Wildman–Crippen LogP) is 10.2. The Morgan fingerprint density at radius 2 is 1.76 bits per heavy atom. The number of ether oxygens (including phenoxy) is 3. The summed E-state index contributed by atoms with van der Waals surface area (Å²) in [7, 11) is 1.62. The number of aliphatic hydroxyl groups is 1. The van der Waals surface area contributed by atoms with Gasteiger partial charge in [0.2, 0.25) is 11.8 Å². The molecule has 5 unspecified atom stereocenters. The highest BCUT2D eigenvalue weighted by molar-refractivity contribution is 6.37. The number of halogens is 2. The van der Waals surface area contributed by atoms with Gasteiger partial charge in [0.05, 0.1) is 30.3 Å². The number of piperazine rings is 1. The van der Waals surface area contributed by atoms with Crippen LogP contribution in [0.15, 0.2) is 115 Å². The number of aromatic nitrogens is 6. The molecule has 0 aliphatic carbocycles. The Morgan fingerprint density at radius 3 is 2.44 bits per heavy atom. The zero-order chi connectivity index (χ0) is 57.8. The number of pyridine rings is 1. The Labute approximate surface area is 481 Å². The number of nitrogens with one attached hydrogen (secondary N) is 2. The SMILES string of the molecule is C=C/C=C(\C(Cl)=C/C)c1ccc(C(CO)NC(=O)C2CCCN2C(=O)C(C(C)C)n2cc(-c3ccc(COc4c(-c5cc(O)cc6ccc(F)c(CC)c56)ncc5c(N6CC7CCC(C6)N7)nc(OC[C@H](C)OC)nc45)cc3)nn2)cc1. The molecule has 3 fully saturated rings. The minimum Gasteiger partial charge on any atom is -0.508 e. The Balaban J connectivity index is 0.912. The van der Waals surface area contributed by atoms with E-state index in [9.17, 15) is 19.8 Å². The van der Waals surface area contributed by atoms with Crippen molar-refractivity contribution in [3.63, 3.8) is 0 Å². The van der Waals surface area contributed by atoms with Crippen LogP contribution in [-0.2, 0) is 27.4 Å². The molecule has 10 rings (SSSR count). The maximum absolute atomic E-state index is 15.7. The number of fused-ring (bicyclic) bond motifs is 4. The summed E-state index contributed by atoms with van der Waals surface area (Å²) in [5, 5.41) is 39.8. The Morgan fingerprint density at radius 1 is 1.00 bits per heavy atom. The van der Waals surface area contributed by atoms with Crippen LogP contribution < -0.4 is 25.0 Å². The summed E-state index contributed by atoms with van der Waals surface area (Å²) in [5.74, 6) is -0.236. The first-order valence-electron chi connectivity index (χ1n) is 28.1. The van der Waals surface area contributed by atoms with E-state index < -0.39 is 18.1 Å². The average molecular weight is 1130 g/mol. The number of benzene rings is 4. The zero-order valence-electron chi connectivity index (χ0n) is 47.1. The highest BCUT2D eigenvalue weighted by atomic mass is 35.5. The van der Waals surface area contributed by atoms with Gasteiger partial charge in [-0.25, -0.2) is 9.07 Å². The fourth-order valence-corrected chi connectivity index (χ4v) is 11.7. The van der Waals surface area contributed by atoms with Crippen molar-refractivity contribution in [2.45, 2.75) is 110 Å². The number of methoxy groups -OCH3 is 1. The highest BCUT2D eigenvalue weighted by Gasteiger charge is 2.40. The lowest BCUT2D eigenvalue weighted by Crippen LogP contribution is -2.51. The van der Waals surface area contributed by atoms with Gasteiger partial charge in [0.15, 0.2) is 5.75 Å². The van der Waals surface area contributed by atoms with Crippen LogP contribution in [0.3, 0.4) is 0 Å². The number of carbonyl (C=O) groups excluding carboxylic acids is 2. The van der Waals surface area contributed by atoms with Crippen LogP contribution in [-0.4, -0.2) is 121 Å². The van der Waals surface area contributed by atoms with Crippen molar-refractivity contribution in [3.8, 4) is 40.0 Å². The van der Waals surface area contributed by atoms with Crippen LogP contribution in [0.1, 0.15) is 94.6 Å². The van der Waals surface area contributed by atoms with Crippen molar-refractivity contribution in [1.82, 2.24) is 45.5 Å². The van der Waals surface area contributed by atoms with Crippen LogP contribution in [0.4, 0.5) is 10.2 Å². The molecule has 3 saturated heterocycles. The lowest BCUT2D eigenvalue weighted by molar-refractivity contribution is -0.142. The first-order chi connectivity index (χ1) is 39.7. The molecular weight excluding hydrogens is 1060 g/mol. The standard InChI is InChI=1S/C63H70ClFN10O7/c1-8-12-47(50(64)10-3)39-18-20-41(21-19-39)53(33-76)68-61(78)54-13-11-26-74(54)62(79)58(36(4)5)75-32-52(71-72-75)40-16-14-38(15-17-40)35-81-59-56(48-28-45(77)27-42-22-25-51(65)46(9-2)55(42)48)66-29-49-57(59)69-63(82-34-37(6)80-7)70-60(49)73-30-43-23-24-44(31-73)67-43/h8,10,12,14-22,25,27-29,32,36-37,43-44,53-54,58,67,76-77H,1,9,11,13,23-24,26,30-31,33-35H2,2-7H3,(H,68,78)/b47-12-,50-10+/t37-,43?,44?,53?,54?,58?/m0/s1. The largest absolute Gasteiger partial charge is 0.508 e. The van der Waals surface area contributed by atoms with Gasteiger partial charge in [-0.05, 0) is 109 Å². The molecule has 2 bridgehead atoms. The van der Waals surface area contributed by atoms with Gasteiger partial charge in [0.1, 0.15) is 59.6 Å². The predicted molar refractivity (Wildman–Crippen MR) is 316 cm³/mol. The number of aryl methyl sites for hydroxylation is 1. The second-order valence-corrected chi connectivity index (χ2v) is 22.1. The molecule has 4 N–H and O–H groups in total. The quantitative estimate of drug-likeness (QED) is 0.0495. The molecule has 3 aromatic heterocycles. The molecule has 0 spiro atoms. The maximum Gasteiger partial charge on any atom is 0.319 e. The number of anilines is 1. The third-order valence-corrected chi connectivity index (χ3v) is 16.3. The van der Waals surface area contributed by atoms with E-state index >= 15 is 4.39 Å². The molecular formula is C63H70ClFN10O7. The van der Waals surface area contributed by atoms with Gasteiger partial charge >= 0.3 is 6.01 Å². The molecule has 7 aromatic rings. The Kier molecular flexibility index (Phi) is 17.6. The first kappa shape index (κ1) is 57.5. The van der Waals surface area contributed by atoms with Gasteiger partial charge in [0.25, 0.3) is 0 Å². The van der Waals surface area contributed by atoms with E-state index in [1.807, 2.05) is 89.2 Å². The number of aromatic hydroxyl groups is 1. The van der Waals surface area contributed by atoms with Crippen LogP contribution in [0.25, 0.3) is 49.8 Å². The molecule has 4 aromatic carbocycles. The maximum atomic E-state index is 15.7. The number of aliphatic hydroxyl groups excluding tert-OH is 1. The van der Waals surface area contributed by atoms with Crippen LogP contribution in [0.2, 0.25) is 0 Å². The Bertz CT molecular complexity index is 3540. The topological polar surface area (TPSA) is 202 Å². The summed E-state index contributed by atoms with van der Waals surface area (Å²) in [6, 6.07) is 19.9. The van der Waals surface area contributed by atoms with Crippen molar-refractivity contribution in [2.75, 3.05) is 44.9 Å². The van der Waals surface area contributed by atoms with E-state index in [0.717, 1.165) is 48.2 Å². The van der Waals surface area contributed by atoms with Gasteiger partial charge in [0, 0.05) is 61.2 Å². The number of amides is 2. The van der Waals surface area contributed by atoms with Crippen molar-refractivity contribution < 1.29 is 38.4 Å². The van der Waals surface area contributed by atoms with Gasteiger partial charge in [-0.3, -0.25) is 14.6 Å². The molecule has 2 amide bonds. The summed E-state index contributed by atoms with van der Waals surface area (Å²) in [6.45, 7) is 15.1. The normalized spacial score (nSPS) is 18.5. The fourth-order valence-electron chi connectivity index (χ4n) is 11.6. The fraction of sp³-hybridized carbons (Fsp3) is 0.381. The number of rotatable bonds is 21. The van der Waals surface area contributed by atoms with Crippen LogP contribution in [0, 0.1) is 11.7 Å². The molecule has 6 heterocycles. The molecule has 17 nitrogen and oxygen atoms in total. The zero-order valence-corrected chi connectivity index (χ0v) is 47.9. The van der Waals surface area contributed by atoms with Crippen molar-refractivity contribution in [2.24, 2.45) is 5.92 Å². The second-order valence-electron chi connectivity index (χ2n) is 21.7. The van der Waals surface area contributed by atoms with Gasteiger partial charge in [-0.2, -0.15) is 9.97 Å². The number of carbonyl (C=O) groups is 2. The first-order valence-corrected chi connectivity index (χ1v) is 28.5. The molecule has 0 radical (unpaired) electrons. The van der Waals surface area contributed by atoms with Crippen LogP contribution in [0.5, 0.6) is 17.5 Å². The number of allylic oxidation sites excluding steroid dienone is 5. The van der Waals surface area contributed by atoms with Crippen LogP contribution >= 0.6 is 11.6 Å². The molecule has 6 atom stereocenters. The van der Waals surface area contributed by atoms with Crippen molar-refractivity contribution in [3.05, 3.63) is 143 Å². The number of phenols is 1. The second kappa shape index (κ2) is 25.2. The van der Waals surface area contributed by atoms with Gasteiger partial charge in [-0.15, -0.1) is 5.10 Å². The minimum atomic E-state index is -0.761. The number of hydrogen-bond acceptors (Lipinski definition) is 14.